The van der Waals surface area contributed by atoms with E-state index in [9.17, 15) is 15.2 Å². The molecule has 3 aromatic rings. The summed E-state index contributed by atoms with van der Waals surface area (Å²) >= 11 is 0. The van der Waals surface area contributed by atoms with E-state index in [1.165, 1.54) is 0 Å². The number of aliphatic hydroxyl groups excluding tert-OH is 1. The highest BCUT2D eigenvalue weighted by Crippen LogP contribution is 2.28. The minimum absolute atomic E-state index is 0.106. The maximum absolute atomic E-state index is 11.0. The number of nitrogens with zero attached hydrogens (tertiary/aromatic N) is 2. The van der Waals surface area contributed by atoms with Crippen LogP contribution in [-0.4, -0.2) is 46.9 Å². The fourth-order valence-corrected chi connectivity index (χ4v) is 4.83. The van der Waals surface area contributed by atoms with Gasteiger partial charge in [0.1, 0.15) is 31.5 Å². The van der Waals surface area contributed by atoms with Crippen LogP contribution in [0.15, 0.2) is 78.9 Å². The fourth-order valence-electron chi connectivity index (χ4n) is 4.83. The highest BCUT2D eigenvalue weighted by molar-refractivity contribution is 5.63. The second kappa shape index (κ2) is 10.8. The molecule has 1 aliphatic heterocycles. The third-order valence-corrected chi connectivity index (χ3v) is 6.86. The van der Waals surface area contributed by atoms with Crippen LogP contribution in [-0.2, 0) is 6.54 Å². The van der Waals surface area contributed by atoms with Crippen molar-refractivity contribution in [3.05, 3.63) is 94.5 Å². The maximum Gasteiger partial charge on any atom is 0.269 e. The van der Waals surface area contributed by atoms with Gasteiger partial charge in [0.05, 0.1) is 18.0 Å². The first kappa shape index (κ1) is 23.9. The fraction of sp³-hybridized carbons (Fsp3) is 0.357. The summed E-state index contributed by atoms with van der Waals surface area (Å²) in [7, 11) is 0. The Morgan fingerprint density at radius 1 is 0.971 bits per heavy atom. The van der Waals surface area contributed by atoms with E-state index in [4.69, 9.17) is 4.74 Å². The Bertz CT molecular complexity index is 1060. The van der Waals surface area contributed by atoms with Crippen LogP contribution in [0.3, 0.4) is 0 Å². The number of hydrogen-bond acceptors (Lipinski definition) is 4. The first-order valence-corrected chi connectivity index (χ1v) is 12.0. The van der Waals surface area contributed by atoms with Crippen LogP contribution in [0.5, 0.6) is 5.75 Å². The minimum Gasteiger partial charge on any atom is -0.491 e. The van der Waals surface area contributed by atoms with Crippen molar-refractivity contribution in [2.24, 2.45) is 5.92 Å². The number of aliphatic hydroxyl groups is 1. The summed E-state index contributed by atoms with van der Waals surface area (Å²) in [6.45, 7) is 5.85. The van der Waals surface area contributed by atoms with Crippen LogP contribution >= 0.6 is 0 Å². The van der Waals surface area contributed by atoms with Crippen LogP contribution in [0.1, 0.15) is 25.3 Å². The molecule has 1 N–H and O–H groups in total. The van der Waals surface area contributed by atoms with Gasteiger partial charge in [0, 0.05) is 17.7 Å². The topological polar surface area (TPSA) is 72.6 Å². The van der Waals surface area contributed by atoms with Crippen LogP contribution < -0.4 is 4.74 Å². The number of nitro benzene ring substituents is 1. The van der Waals surface area contributed by atoms with Crippen LogP contribution in [0.4, 0.5) is 5.69 Å². The average Bonchev–Trinajstić information content (AvgIpc) is 2.86. The molecular weight excluding hydrogens is 428 g/mol. The molecule has 0 spiro atoms. The van der Waals surface area contributed by atoms with Gasteiger partial charge >= 0.3 is 0 Å². The molecule has 4 rings (SSSR count). The Morgan fingerprint density at radius 2 is 1.59 bits per heavy atom. The molecule has 0 aromatic heterocycles. The van der Waals surface area contributed by atoms with Crippen molar-refractivity contribution in [2.45, 2.75) is 32.4 Å². The SMILES string of the molecule is CC1CC[N+](Cc2ccc([N+](=O)[O-])cc2)(CC(O)COc2ccc(-c3ccccc3)cc2)CC1. The van der Waals surface area contributed by atoms with Gasteiger partial charge in [-0.1, -0.05) is 49.4 Å². The molecular formula is C28H33N2O4+. The molecule has 0 radical (unpaired) electrons. The van der Waals surface area contributed by atoms with E-state index in [0.29, 0.717) is 12.5 Å². The van der Waals surface area contributed by atoms with E-state index in [2.05, 4.69) is 19.1 Å². The normalized spacial score (nSPS) is 21.1. The molecule has 0 aliphatic carbocycles. The summed E-state index contributed by atoms with van der Waals surface area (Å²) in [5.74, 6) is 1.42. The van der Waals surface area contributed by atoms with Gasteiger partial charge in [0.25, 0.3) is 5.69 Å². The lowest BCUT2D eigenvalue weighted by Crippen LogP contribution is -2.56. The quantitative estimate of drug-likeness (QED) is 0.261. The zero-order valence-electron chi connectivity index (χ0n) is 19.7. The smallest absolute Gasteiger partial charge is 0.269 e. The number of quaternary nitrogens is 1. The third-order valence-electron chi connectivity index (χ3n) is 6.86. The lowest BCUT2D eigenvalue weighted by atomic mass is 9.95. The predicted molar refractivity (Wildman–Crippen MR) is 133 cm³/mol. The second-order valence-corrected chi connectivity index (χ2v) is 9.59. The number of rotatable bonds is 9. The standard InChI is InChI=1S/C28H33N2O4/c1-22-15-17-30(18-16-22,19-23-7-11-26(12-8-23)29(32)33)20-27(31)21-34-28-13-9-25(10-14-28)24-5-3-2-4-6-24/h2-14,22,27,31H,15-21H2,1H3/q+1. The summed E-state index contributed by atoms with van der Waals surface area (Å²) < 4.78 is 6.70. The van der Waals surface area contributed by atoms with Crippen molar-refractivity contribution < 1.29 is 19.2 Å². The zero-order chi connectivity index (χ0) is 24.0. The average molecular weight is 462 g/mol. The van der Waals surface area contributed by atoms with Gasteiger partial charge in [-0.05, 0) is 54.2 Å². The number of piperidine rings is 1. The molecule has 0 amide bonds. The molecule has 6 nitrogen and oxygen atoms in total. The van der Waals surface area contributed by atoms with E-state index in [-0.39, 0.29) is 17.2 Å². The summed E-state index contributed by atoms with van der Waals surface area (Å²) in [4.78, 5) is 10.6. The first-order valence-electron chi connectivity index (χ1n) is 12.0. The Morgan fingerprint density at radius 3 is 2.21 bits per heavy atom. The van der Waals surface area contributed by atoms with E-state index in [0.717, 1.165) is 59.4 Å². The highest BCUT2D eigenvalue weighted by atomic mass is 16.6. The van der Waals surface area contributed by atoms with E-state index in [1.807, 2.05) is 54.6 Å². The lowest BCUT2D eigenvalue weighted by molar-refractivity contribution is -0.948. The van der Waals surface area contributed by atoms with E-state index >= 15 is 0 Å². The molecule has 1 atom stereocenters. The van der Waals surface area contributed by atoms with E-state index < -0.39 is 6.10 Å². The molecule has 0 saturated carbocycles. The summed E-state index contributed by atoms with van der Waals surface area (Å²) in [5, 5.41) is 21.9. The van der Waals surface area contributed by atoms with Crippen LogP contribution in [0, 0.1) is 16.0 Å². The maximum atomic E-state index is 11.0. The molecule has 1 heterocycles. The van der Waals surface area contributed by atoms with Crippen LogP contribution in [0.2, 0.25) is 0 Å². The number of ether oxygens (including phenoxy) is 1. The van der Waals surface area contributed by atoms with Gasteiger partial charge < -0.3 is 14.3 Å². The number of hydrogen-bond donors (Lipinski definition) is 1. The molecule has 1 aliphatic rings. The van der Waals surface area contributed by atoms with Crippen molar-refractivity contribution in [1.29, 1.82) is 0 Å². The van der Waals surface area contributed by atoms with Crippen molar-refractivity contribution in [2.75, 3.05) is 26.2 Å². The molecule has 0 bridgehead atoms. The van der Waals surface area contributed by atoms with E-state index in [1.54, 1.807) is 12.1 Å². The summed E-state index contributed by atoms with van der Waals surface area (Å²) in [6.07, 6.45) is 1.63. The van der Waals surface area contributed by atoms with Gasteiger partial charge in [0.15, 0.2) is 0 Å². The van der Waals surface area contributed by atoms with Crippen molar-refractivity contribution in [3.8, 4) is 16.9 Å². The molecule has 3 aromatic carbocycles. The van der Waals surface area contributed by atoms with Crippen LogP contribution in [0.25, 0.3) is 11.1 Å². The molecule has 6 heteroatoms. The predicted octanol–water partition coefficient (Wildman–Crippen LogP) is 5.45. The number of benzene rings is 3. The molecule has 1 unspecified atom stereocenters. The lowest BCUT2D eigenvalue weighted by Gasteiger charge is -2.44. The van der Waals surface area contributed by atoms with Gasteiger partial charge in [-0.15, -0.1) is 0 Å². The van der Waals surface area contributed by atoms with Crippen molar-refractivity contribution >= 4 is 5.69 Å². The Hall–Kier alpha value is -3.22. The number of likely N-dealkylation sites (tertiary alicyclic amines) is 1. The Balaban J connectivity index is 1.37. The molecule has 34 heavy (non-hydrogen) atoms. The second-order valence-electron chi connectivity index (χ2n) is 9.59. The first-order chi connectivity index (χ1) is 16.4. The van der Waals surface area contributed by atoms with Crippen molar-refractivity contribution in [1.82, 2.24) is 0 Å². The summed E-state index contributed by atoms with van der Waals surface area (Å²) in [5.41, 5.74) is 3.45. The Kier molecular flexibility index (Phi) is 7.60. The number of non-ortho nitro benzene ring substituents is 1. The summed E-state index contributed by atoms with van der Waals surface area (Å²) in [6, 6.07) is 25.0. The van der Waals surface area contributed by atoms with Gasteiger partial charge in [0.2, 0.25) is 0 Å². The minimum atomic E-state index is -0.597. The molecule has 1 fully saturated rings. The third kappa shape index (κ3) is 6.22. The molecule has 1 saturated heterocycles. The zero-order valence-corrected chi connectivity index (χ0v) is 19.7. The monoisotopic (exact) mass is 461 g/mol. The van der Waals surface area contributed by atoms with Gasteiger partial charge in [-0.2, -0.15) is 0 Å². The largest absolute Gasteiger partial charge is 0.491 e. The molecule has 178 valence electrons. The van der Waals surface area contributed by atoms with Crippen molar-refractivity contribution in [3.63, 3.8) is 0 Å². The highest BCUT2D eigenvalue weighted by Gasteiger charge is 2.35. The van der Waals surface area contributed by atoms with Gasteiger partial charge in [-0.3, -0.25) is 10.1 Å². The van der Waals surface area contributed by atoms with Gasteiger partial charge in [-0.25, -0.2) is 0 Å². The number of nitro groups is 1. The Labute approximate surface area is 201 Å².